The van der Waals surface area contributed by atoms with Crippen LogP contribution in [-0.4, -0.2) is 5.78 Å². The van der Waals surface area contributed by atoms with E-state index >= 15 is 0 Å². The van der Waals surface area contributed by atoms with Gasteiger partial charge >= 0.3 is 0 Å². The van der Waals surface area contributed by atoms with Crippen molar-refractivity contribution in [2.45, 2.75) is 53.4 Å². The molecule has 0 amide bonds. The molecule has 0 bridgehead atoms. The highest BCUT2D eigenvalue weighted by atomic mass is 16.1. The topological polar surface area (TPSA) is 17.1 Å². The molecule has 0 spiro atoms. The molecule has 2 aliphatic rings. The van der Waals surface area contributed by atoms with Crippen LogP contribution in [0.1, 0.15) is 53.4 Å². The van der Waals surface area contributed by atoms with Gasteiger partial charge in [-0.05, 0) is 55.9 Å². The molecule has 2 aliphatic carbocycles. The predicted molar refractivity (Wildman–Crippen MR) is 71.8 cm³/mol. The maximum atomic E-state index is 11.9. The van der Waals surface area contributed by atoms with Gasteiger partial charge in [-0.3, -0.25) is 4.79 Å². The van der Waals surface area contributed by atoms with Crippen molar-refractivity contribution in [2.24, 2.45) is 17.3 Å². The van der Waals surface area contributed by atoms with Crippen molar-refractivity contribution in [3.8, 4) is 0 Å². The van der Waals surface area contributed by atoms with E-state index in [4.69, 9.17) is 0 Å². The van der Waals surface area contributed by atoms with Gasteiger partial charge in [0.15, 0.2) is 5.78 Å². The molecular formula is C16H24O. The van der Waals surface area contributed by atoms with Crippen LogP contribution in [0.25, 0.3) is 0 Å². The first-order valence-electron chi connectivity index (χ1n) is 6.75. The van der Waals surface area contributed by atoms with Gasteiger partial charge in [0.05, 0.1) is 0 Å². The zero-order chi connectivity index (χ0) is 12.8. The number of ketones is 1. The van der Waals surface area contributed by atoms with E-state index in [1.54, 1.807) is 0 Å². The van der Waals surface area contributed by atoms with Crippen molar-refractivity contribution in [1.82, 2.24) is 0 Å². The summed E-state index contributed by atoms with van der Waals surface area (Å²) in [6, 6.07) is 0. The molecule has 0 aromatic carbocycles. The van der Waals surface area contributed by atoms with Crippen LogP contribution in [0.5, 0.6) is 0 Å². The summed E-state index contributed by atoms with van der Waals surface area (Å²) in [5, 5.41) is 0. The van der Waals surface area contributed by atoms with Gasteiger partial charge in [0, 0.05) is 6.42 Å². The van der Waals surface area contributed by atoms with Gasteiger partial charge < -0.3 is 0 Å². The second-order valence-electron chi connectivity index (χ2n) is 6.34. The quantitative estimate of drug-likeness (QED) is 0.616. The fourth-order valence-corrected chi connectivity index (χ4v) is 3.70. The van der Waals surface area contributed by atoms with Gasteiger partial charge in [-0.15, -0.1) is 0 Å². The lowest BCUT2D eigenvalue weighted by Crippen LogP contribution is -2.40. The fraction of sp³-hybridized carbons (Fsp3) is 0.688. The smallest absolute Gasteiger partial charge is 0.158 e. The summed E-state index contributed by atoms with van der Waals surface area (Å²) >= 11 is 0. The standard InChI is InChI=1S/C16H24O/c1-10(2)13-6-7-14-12(4)15(17)8-11(3)16(14,5)9-13/h11,13H,1,6-9H2,2-5H3. The predicted octanol–water partition coefficient (Wildman–Crippen LogP) is 4.29. The SMILES string of the molecule is C=C(C)C1CCC2=C(C)C(=O)CC(C)C2(C)C1. The van der Waals surface area contributed by atoms with E-state index in [0.717, 1.165) is 18.4 Å². The van der Waals surface area contributed by atoms with E-state index in [1.807, 2.05) is 6.92 Å². The van der Waals surface area contributed by atoms with Crippen molar-refractivity contribution >= 4 is 5.78 Å². The lowest BCUT2D eigenvalue weighted by molar-refractivity contribution is -0.118. The summed E-state index contributed by atoms with van der Waals surface area (Å²) in [5.74, 6) is 1.50. The molecule has 3 atom stereocenters. The molecule has 0 saturated heterocycles. The van der Waals surface area contributed by atoms with E-state index in [0.29, 0.717) is 17.6 Å². The van der Waals surface area contributed by atoms with Gasteiger partial charge in [-0.25, -0.2) is 0 Å². The van der Waals surface area contributed by atoms with Crippen molar-refractivity contribution in [3.05, 3.63) is 23.3 Å². The van der Waals surface area contributed by atoms with Crippen molar-refractivity contribution < 1.29 is 4.79 Å². The van der Waals surface area contributed by atoms with Crippen LogP contribution in [0.4, 0.5) is 0 Å². The molecule has 17 heavy (non-hydrogen) atoms. The molecule has 0 aromatic rings. The Morgan fingerprint density at radius 1 is 1.47 bits per heavy atom. The number of hydrogen-bond acceptors (Lipinski definition) is 1. The molecule has 2 rings (SSSR count). The Morgan fingerprint density at radius 2 is 2.12 bits per heavy atom. The molecule has 0 heterocycles. The van der Waals surface area contributed by atoms with Gasteiger partial charge in [0.25, 0.3) is 0 Å². The van der Waals surface area contributed by atoms with Gasteiger partial charge in [0.1, 0.15) is 0 Å². The Labute approximate surface area is 105 Å². The number of rotatable bonds is 1. The fourth-order valence-electron chi connectivity index (χ4n) is 3.70. The summed E-state index contributed by atoms with van der Waals surface area (Å²) in [6.45, 7) is 12.9. The van der Waals surface area contributed by atoms with Crippen LogP contribution in [-0.2, 0) is 4.79 Å². The van der Waals surface area contributed by atoms with E-state index < -0.39 is 0 Å². The van der Waals surface area contributed by atoms with Crippen molar-refractivity contribution in [1.29, 1.82) is 0 Å². The molecule has 3 unspecified atom stereocenters. The van der Waals surface area contributed by atoms with Crippen LogP contribution in [0.15, 0.2) is 23.3 Å². The third-order valence-electron chi connectivity index (χ3n) is 5.25. The minimum absolute atomic E-state index is 0.236. The average Bonchev–Trinajstić information content (AvgIpc) is 2.26. The molecule has 1 saturated carbocycles. The third kappa shape index (κ3) is 1.90. The van der Waals surface area contributed by atoms with Crippen LogP contribution < -0.4 is 0 Å². The largest absolute Gasteiger partial charge is 0.295 e. The highest BCUT2D eigenvalue weighted by molar-refractivity contribution is 5.97. The summed E-state index contributed by atoms with van der Waals surface area (Å²) in [7, 11) is 0. The molecule has 94 valence electrons. The summed E-state index contributed by atoms with van der Waals surface area (Å²) in [4.78, 5) is 11.9. The number of carbonyl (C=O) groups is 1. The second-order valence-corrected chi connectivity index (χ2v) is 6.34. The zero-order valence-corrected chi connectivity index (χ0v) is 11.6. The summed E-state index contributed by atoms with van der Waals surface area (Å²) < 4.78 is 0. The Kier molecular flexibility index (Phi) is 3.05. The van der Waals surface area contributed by atoms with Crippen LogP contribution in [0, 0.1) is 17.3 Å². The lowest BCUT2D eigenvalue weighted by atomic mass is 9.56. The molecule has 1 fully saturated rings. The Hall–Kier alpha value is -0.850. The molecule has 0 aliphatic heterocycles. The zero-order valence-electron chi connectivity index (χ0n) is 11.6. The van der Waals surface area contributed by atoms with Gasteiger partial charge in [-0.2, -0.15) is 0 Å². The maximum Gasteiger partial charge on any atom is 0.158 e. The van der Waals surface area contributed by atoms with Crippen LogP contribution in [0.2, 0.25) is 0 Å². The van der Waals surface area contributed by atoms with Crippen LogP contribution >= 0.6 is 0 Å². The van der Waals surface area contributed by atoms with E-state index in [1.165, 1.54) is 24.0 Å². The first-order chi connectivity index (χ1) is 7.86. The van der Waals surface area contributed by atoms with Crippen LogP contribution in [0.3, 0.4) is 0 Å². The summed E-state index contributed by atoms with van der Waals surface area (Å²) in [5.41, 5.74) is 4.05. The summed E-state index contributed by atoms with van der Waals surface area (Å²) in [6.07, 6.45) is 4.19. The molecule has 0 aromatic heterocycles. The van der Waals surface area contributed by atoms with Crippen molar-refractivity contribution in [3.63, 3.8) is 0 Å². The molecule has 1 nitrogen and oxygen atoms in total. The maximum absolute atomic E-state index is 11.9. The van der Waals surface area contributed by atoms with E-state index in [-0.39, 0.29) is 5.41 Å². The highest BCUT2D eigenvalue weighted by Gasteiger charge is 2.45. The Morgan fingerprint density at radius 3 is 2.71 bits per heavy atom. The van der Waals surface area contributed by atoms with Gasteiger partial charge in [0.2, 0.25) is 0 Å². The molecule has 1 heteroatoms. The van der Waals surface area contributed by atoms with E-state index in [9.17, 15) is 4.79 Å². The third-order valence-corrected chi connectivity index (χ3v) is 5.25. The minimum Gasteiger partial charge on any atom is -0.295 e. The first kappa shape index (κ1) is 12.6. The molecular weight excluding hydrogens is 208 g/mol. The lowest BCUT2D eigenvalue weighted by Gasteiger charge is -2.48. The Bertz CT molecular complexity index is 402. The number of Topliss-reactive ketones (excluding diaryl/α,β-unsaturated/α-hetero) is 1. The second kappa shape index (κ2) is 4.12. The minimum atomic E-state index is 0.236. The highest BCUT2D eigenvalue weighted by Crippen LogP contribution is 2.54. The average molecular weight is 232 g/mol. The first-order valence-corrected chi connectivity index (χ1v) is 6.75. The van der Waals surface area contributed by atoms with E-state index in [2.05, 4.69) is 27.4 Å². The number of fused-ring (bicyclic) bond motifs is 1. The monoisotopic (exact) mass is 232 g/mol. The van der Waals surface area contributed by atoms with Gasteiger partial charge in [-0.1, -0.05) is 31.6 Å². The Balaban J connectivity index is 2.39. The normalized spacial score (nSPS) is 38.0. The van der Waals surface area contributed by atoms with Crippen molar-refractivity contribution in [2.75, 3.05) is 0 Å². The number of hydrogen-bond donors (Lipinski definition) is 0. The molecule has 0 N–H and O–H groups in total. The number of carbonyl (C=O) groups excluding carboxylic acids is 1. The number of allylic oxidation sites excluding steroid dienone is 3. The molecule has 0 radical (unpaired) electrons.